The number of nitrogens with one attached hydrogen (secondary N) is 1. The number of anilines is 1. The minimum atomic E-state index is 0.745. The Morgan fingerprint density at radius 1 is 0.692 bits per heavy atom. The fourth-order valence-corrected chi connectivity index (χ4v) is 3.02. The third-order valence-electron chi connectivity index (χ3n) is 4.89. The van der Waals surface area contributed by atoms with Crippen LogP contribution in [0.1, 0.15) is 65.5 Å². The third-order valence-corrected chi connectivity index (χ3v) is 4.89. The van der Waals surface area contributed by atoms with E-state index in [0.29, 0.717) is 0 Å². The number of nitrogens with zero attached hydrogens (tertiary/aromatic N) is 5. The second kappa shape index (κ2) is 13.9. The van der Waals surface area contributed by atoms with Crippen molar-refractivity contribution in [1.29, 1.82) is 0 Å². The van der Waals surface area contributed by atoms with E-state index in [1.165, 1.54) is 6.42 Å². The van der Waals surface area contributed by atoms with E-state index in [1.807, 2.05) is 0 Å². The number of hydrogen-bond donors (Lipinski definition) is 1. The molecular formula is C20H40N6. The van der Waals surface area contributed by atoms with Crippen molar-refractivity contribution in [3.05, 3.63) is 11.6 Å². The summed E-state index contributed by atoms with van der Waals surface area (Å²) in [4.78, 5) is 18.7. The Bertz CT molecular complexity index is 433. The number of aryl methyl sites for hydroxylation is 2. The van der Waals surface area contributed by atoms with Crippen LogP contribution in [0.15, 0.2) is 0 Å². The van der Waals surface area contributed by atoms with Gasteiger partial charge in [-0.05, 0) is 58.5 Å². The van der Waals surface area contributed by atoms with Crippen LogP contribution in [-0.2, 0) is 12.8 Å². The van der Waals surface area contributed by atoms with Crippen molar-refractivity contribution in [3.63, 3.8) is 0 Å². The van der Waals surface area contributed by atoms with Gasteiger partial charge in [-0.1, -0.05) is 34.6 Å². The number of aromatic nitrogens is 3. The van der Waals surface area contributed by atoms with Gasteiger partial charge in [0.15, 0.2) is 0 Å². The molecule has 0 amide bonds. The summed E-state index contributed by atoms with van der Waals surface area (Å²) in [6.07, 6.45) is 5.22. The molecule has 0 aromatic carbocycles. The molecule has 6 heteroatoms. The number of hydrogen-bond acceptors (Lipinski definition) is 6. The van der Waals surface area contributed by atoms with Crippen molar-refractivity contribution in [2.45, 2.75) is 66.7 Å². The van der Waals surface area contributed by atoms with Crippen molar-refractivity contribution >= 4 is 5.95 Å². The van der Waals surface area contributed by atoms with Crippen molar-refractivity contribution in [2.24, 2.45) is 0 Å². The summed E-state index contributed by atoms with van der Waals surface area (Å²) >= 11 is 0. The highest BCUT2D eigenvalue weighted by molar-refractivity contribution is 5.24. The second-order valence-electron chi connectivity index (χ2n) is 6.64. The molecule has 0 saturated heterocycles. The molecule has 0 fully saturated rings. The SMILES string of the molecule is CCc1nc(CCCCN(CC)CC)nc(NCCCN(CC)CC)n1. The predicted molar refractivity (Wildman–Crippen MR) is 111 cm³/mol. The van der Waals surface area contributed by atoms with E-state index in [-0.39, 0.29) is 0 Å². The maximum absolute atomic E-state index is 4.63. The molecule has 6 nitrogen and oxygen atoms in total. The van der Waals surface area contributed by atoms with Crippen molar-refractivity contribution in [3.8, 4) is 0 Å². The molecule has 1 aromatic rings. The highest BCUT2D eigenvalue weighted by atomic mass is 15.2. The maximum Gasteiger partial charge on any atom is 0.226 e. The van der Waals surface area contributed by atoms with E-state index < -0.39 is 0 Å². The average molecular weight is 365 g/mol. The molecule has 1 N–H and O–H groups in total. The van der Waals surface area contributed by atoms with Gasteiger partial charge in [0.25, 0.3) is 0 Å². The van der Waals surface area contributed by atoms with Crippen LogP contribution in [-0.4, -0.2) is 70.6 Å². The van der Waals surface area contributed by atoms with Gasteiger partial charge in [-0.15, -0.1) is 0 Å². The molecule has 0 spiro atoms. The molecule has 0 unspecified atom stereocenters. The standard InChI is InChI=1S/C20H40N6/c1-6-18-22-19(14-11-12-16-25(7-2)8-3)24-20(23-18)21-15-13-17-26(9-4)10-5/h6-17H2,1-5H3,(H,21,22,23,24). The monoisotopic (exact) mass is 364 g/mol. The first-order chi connectivity index (χ1) is 12.7. The minimum absolute atomic E-state index is 0.745. The lowest BCUT2D eigenvalue weighted by Gasteiger charge is -2.18. The maximum atomic E-state index is 4.63. The lowest BCUT2D eigenvalue weighted by molar-refractivity contribution is 0.296. The normalized spacial score (nSPS) is 11.5. The summed E-state index contributed by atoms with van der Waals surface area (Å²) < 4.78 is 0. The van der Waals surface area contributed by atoms with Gasteiger partial charge in [0.05, 0.1) is 0 Å². The van der Waals surface area contributed by atoms with Gasteiger partial charge in [-0.25, -0.2) is 4.98 Å². The molecule has 150 valence electrons. The van der Waals surface area contributed by atoms with Gasteiger partial charge in [-0.2, -0.15) is 9.97 Å². The zero-order chi connectivity index (χ0) is 19.2. The van der Waals surface area contributed by atoms with E-state index in [4.69, 9.17) is 0 Å². The van der Waals surface area contributed by atoms with Gasteiger partial charge in [0.1, 0.15) is 11.6 Å². The molecule has 1 rings (SSSR count). The molecule has 0 radical (unpaired) electrons. The van der Waals surface area contributed by atoms with E-state index in [1.54, 1.807) is 0 Å². The fourth-order valence-electron chi connectivity index (χ4n) is 3.02. The number of unbranched alkanes of at least 4 members (excludes halogenated alkanes) is 1. The van der Waals surface area contributed by atoms with Crippen LogP contribution in [0.4, 0.5) is 5.95 Å². The van der Waals surface area contributed by atoms with Crippen LogP contribution in [0.3, 0.4) is 0 Å². The Morgan fingerprint density at radius 2 is 1.27 bits per heavy atom. The van der Waals surface area contributed by atoms with Crippen LogP contribution in [0.5, 0.6) is 0 Å². The largest absolute Gasteiger partial charge is 0.354 e. The lowest BCUT2D eigenvalue weighted by Crippen LogP contribution is -2.25. The van der Waals surface area contributed by atoms with E-state index in [2.05, 4.69) is 64.7 Å². The first-order valence-electron chi connectivity index (χ1n) is 10.6. The fraction of sp³-hybridized carbons (Fsp3) is 0.850. The number of rotatable bonds is 15. The van der Waals surface area contributed by atoms with Crippen molar-refractivity contribution in [2.75, 3.05) is 51.1 Å². The molecule has 0 saturated carbocycles. The highest BCUT2D eigenvalue weighted by Crippen LogP contribution is 2.07. The zero-order valence-electron chi connectivity index (χ0n) is 17.7. The van der Waals surface area contributed by atoms with Gasteiger partial charge < -0.3 is 15.1 Å². The van der Waals surface area contributed by atoms with Crippen LogP contribution in [0, 0.1) is 0 Å². The molecule has 0 bridgehead atoms. The smallest absolute Gasteiger partial charge is 0.226 e. The van der Waals surface area contributed by atoms with Crippen LogP contribution in [0.2, 0.25) is 0 Å². The third kappa shape index (κ3) is 8.90. The lowest BCUT2D eigenvalue weighted by atomic mass is 10.2. The molecular weight excluding hydrogens is 324 g/mol. The summed E-state index contributed by atoms with van der Waals surface area (Å²) in [5.41, 5.74) is 0. The summed E-state index contributed by atoms with van der Waals surface area (Å²) in [5, 5.41) is 3.39. The second-order valence-corrected chi connectivity index (χ2v) is 6.64. The van der Waals surface area contributed by atoms with E-state index in [9.17, 15) is 0 Å². The molecule has 1 heterocycles. The molecule has 0 aliphatic heterocycles. The van der Waals surface area contributed by atoms with Crippen LogP contribution < -0.4 is 5.32 Å². The van der Waals surface area contributed by atoms with Crippen molar-refractivity contribution < 1.29 is 0 Å². The topological polar surface area (TPSA) is 57.2 Å². The minimum Gasteiger partial charge on any atom is -0.354 e. The summed E-state index contributed by atoms with van der Waals surface area (Å²) in [5.74, 6) is 2.57. The molecule has 0 atom stereocenters. The van der Waals surface area contributed by atoms with Gasteiger partial charge in [-0.3, -0.25) is 0 Å². The molecule has 26 heavy (non-hydrogen) atoms. The molecule has 0 aliphatic rings. The molecule has 1 aromatic heterocycles. The average Bonchev–Trinajstić information content (AvgIpc) is 2.68. The van der Waals surface area contributed by atoms with Crippen LogP contribution >= 0.6 is 0 Å². The Labute approximate surface area is 160 Å². The predicted octanol–water partition coefficient (Wildman–Crippen LogP) is 3.24. The summed E-state index contributed by atoms with van der Waals surface area (Å²) in [6, 6.07) is 0. The quantitative estimate of drug-likeness (QED) is 0.482. The summed E-state index contributed by atoms with van der Waals surface area (Å²) in [6.45, 7) is 18.6. The van der Waals surface area contributed by atoms with Gasteiger partial charge in [0, 0.05) is 19.4 Å². The Balaban J connectivity index is 2.46. The highest BCUT2D eigenvalue weighted by Gasteiger charge is 2.07. The first kappa shape index (κ1) is 22.8. The van der Waals surface area contributed by atoms with Gasteiger partial charge >= 0.3 is 0 Å². The van der Waals surface area contributed by atoms with Crippen molar-refractivity contribution in [1.82, 2.24) is 24.8 Å². The zero-order valence-corrected chi connectivity index (χ0v) is 17.7. The van der Waals surface area contributed by atoms with E-state index >= 15 is 0 Å². The Morgan fingerprint density at radius 3 is 1.85 bits per heavy atom. The Hall–Kier alpha value is -1.27. The van der Waals surface area contributed by atoms with Crippen LogP contribution in [0.25, 0.3) is 0 Å². The molecule has 0 aliphatic carbocycles. The Kier molecular flexibility index (Phi) is 12.1. The van der Waals surface area contributed by atoms with E-state index in [0.717, 1.165) is 89.1 Å². The van der Waals surface area contributed by atoms with Gasteiger partial charge in [0.2, 0.25) is 5.95 Å². The summed E-state index contributed by atoms with van der Waals surface area (Å²) in [7, 11) is 0. The first-order valence-corrected chi connectivity index (χ1v) is 10.6.